The molecule has 0 saturated heterocycles. The van der Waals surface area contributed by atoms with Crippen molar-refractivity contribution in [3.8, 4) is 0 Å². The summed E-state index contributed by atoms with van der Waals surface area (Å²) in [6, 6.07) is 8.82. The molecule has 6 heteroatoms. The molecule has 0 heterocycles. The molecule has 94 valence electrons. The molecule has 3 N–H and O–H groups in total. The van der Waals surface area contributed by atoms with Gasteiger partial charge in [-0.15, -0.1) is 0 Å². The number of hydrogen-bond acceptors (Lipinski definition) is 2. The fourth-order valence-electron chi connectivity index (χ4n) is 1.44. The summed E-state index contributed by atoms with van der Waals surface area (Å²) in [5.74, 6) is 0. The highest BCUT2D eigenvalue weighted by Crippen LogP contribution is 2.36. The molecule has 2 rings (SSSR count). The first-order chi connectivity index (χ1) is 8.47. The maximum atomic E-state index is 6.11. The van der Waals surface area contributed by atoms with Crippen molar-refractivity contribution in [3.05, 3.63) is 49.0 Å². The standard InChI is InChI=1S/C12H8Cl3IN2/c13-6-1-2-11(10(16)3-6)18-12-8(14)4-7(17)5-9(12)15/h1-5,18H,17H2. The molecular formula is C12H8Cl3IN2. The van der Waals surface area contributed by atoms with E-state index < -0.39 is 0 Å². The van der Waals surface area contributed by atoms with Crippen molar-refractivity contribution in [1.29, 1.82) is 0 Å². The normalized spacial score (nSPS) is 10.4. The lowest BCUT2D eigenvalue weighted by Crippen LogP contribution is -1.96. The zero-order chi connectivity index (χ0) is 13.3. The highest BCUT2D eigenvalue weighted by molar-refractivity contribution is 14.1. The van der Waals surface area contributed by atoms with E-state index in [-0.39, 0.29) is 0 Å². The van der Waals surface area contributed by atoms with Crippen LogP contribution >= 0.6 is 57.4 Å². The van der Waals surface area contributed by atoms with Crippen LogP contribution in [0.15, 0.2) is 30.3 Å². The van der Waals surface area contributed by atoms with Gasteiger partial charge in [0.15, 0.2) is 0 Å². The Hall–Kier alpha value is -0.360. The van der Waals surface area contributed by atoms with Crippen LogP contribution in [0, 0.1) is 3.57 Å². The summed E-state index contributed by atoms with van der Waals surface area (Å²) < 4.78 is 0.976. The van der Waals surface area contributed by atoms with E-state index in [4.69, 9.17) is 40.5 Å². The first-order valence-electron chi connectivity index (χ1n) is 4.94. The van der Waals surface area contributed by atoms with E-state index >= 15 is 0 Å². The molecule has 0 aliphatic heterocycles. The molecule has 2 aromatic carbocycles. The number of benzene rings is 2. The van der Waals surface area contributed by atoms with E-state index in [2.05, 4.69) is 27.9 Å². The van der Waals surface area contributed by atoms with Crippen LogP contribution < -0.4 is 11.1 Å². The largest absolute Gasteiger partial charge is 0.399 e. The molecule has 0 atom stereocenters. The van der Waals surface area contributed by atoms with E-state index in [0.717, 1.165) is 9.26 Å². The van der Waals surface area contributed by atoms with E-state index in [9.17, 15) is 0 Å². The molecule has 18 heavy (non-hydrogen) atoms. The topological polar surface area (TPSA) is 38.0 Å². The highest BCUT2D eigenvalue weighted by atomic mass is 127. The van der Waals surface area contributed by atoms with Crippen LogP contribution in [0.4, 0.5) is 17.1 Å². The van der Waals surface area contributed by atoms with Crippen molar-refractivity contribution in [3.63, 3.8) is 0 Å². The van der Waals surface area contributed by atoms with Crippen molar-refractivity contribution >= 4 is 74.5 Å². The molecule has 0 spiro atoms. The lowest BCUT2D eigenvalue weighted by Gasteiger charge is -2.13. The van der Waals surface area contributed by atoms with Gasteiger partial charge in [-0.05, 0) is 52.9 Å². The summed E-state index contributed by atoms with van der Waals surface area (Å²) in [5.41, 5.74) is 7.70. The molecule has 0 aliphatic carbocycles. The van der Waals surface area contributed by atoms with Crippen molar-refractivity contribution in [2.75, 3.05) is 11.1 Å². The lowest BCUT2D eigenvalue weighted by atomic mass is 10.2. The lowest BCUT2D eigenvalue weighted by molar-refractivity contribution is 1.52. The van der Waals surface area contributed by atoms with Gasteiger partial charge in [-0.25, -0.2) is 0 Å². The number of nitrogens with one attached hydrogen (secondary N) is 1. The van der Waals surface area contributed by atoms with Gasteiger partial charge in [0.25, 0.3) is 0 Å². The average molecular weight is 413 g/mol. The molecule has 0 amide bonds. The second-order valence-electron chi connectivity index (χ2n) is 3.61. The van der Waals surface area contributed by atoms with Gasteiger partial charge in [0, 0.05) is 14.3 Å². The molecule has 0 aliphatic rings. The van der Waals surface area contributed by atoms with Gasteiger partial charge in [0.05, 0.1) is 21.4 Å². The smallest absolute Gasteiger partial charge is 0.0764 e. The average Bonchev–Trinajstić information content (AvgIpc) is 2.25. The number of nitrogens with two attached hydrogens (primary N) is 1. The van der Waals surface area contributed by atoms with E-state index in [1.54, 1.807) is 18.2 Å². The molecule has 0 fully saturated rings. The summed E-state index contributed by atoms with van der Waals surface area (Å²) in [6.45, 7) is 0. The maximum absolute atomic E-state index is 6.11. The third-order valence-corrected chi connectivity index (χ3v) is 3.98. The Kier molecular flexibility index (Phi) is 4.48. The molecule has 0 radical (unpaired) electrons. The summed E-state index contributed by atoms with van der Waals surface area (Å²) in [5, 5.41) is 4.81. The van der Waals surface area contributed by atoms with Crippen molar-refractivity contribution < 1.29 is 0 Å². The third kappa shape index (κ3) is 3.15. The van der Waals surface area contributed by atoms with E-state index in [1.165, 1.54) is 0 Å². The zero-order valence-electron chi connectivity index (χ0n) is 8.98. The number of hydrogen-bond donors (Lipinski definition) is 2. The molecule has 2 aromatic rings. The molecule has 0 saturated carbocycles. The molecule has 0 unspecified atom stereocenters. The number of nitrogen functional groups attached to an aromatic ring is 1. The summed E-state index contributed by atoms with van der Waals surface area (Å²) >= 11 is 20.3. The molecular weight excluding hydrogens is 405 g/mol. The van der Waals surface area contributed by atoms with Crippen molar-refractivity contribution in [2.24, 2.45) is 0 Å². The van der Waals surface area contributed by atoms with Crippen LogP contribution in [0.25, 0.3) is 0 Å². The SMILES string of the molecule is Nc1cc(Cl)c(Nc2ccc(Cl)cc2I)c(Cl)c1. The Balaban J connectivity index is 2.40. The number of rotatable bonds is 2. The fraction of sp³-hybridized carbons (Fsp3) is 0. The van der Waals surface area contributed by atoms with E-state index in [1.807, 2.05) is 12.1 Å². The Labute approximate surface area is 134 Å². The predicted molar refractivity (Wildman–Crippen MR) is 88.3 cm³/mol. The van der Waals surface area contributed by atoms with Gasteiger partial charge in [0.1, 0.15) is 0 Å². The van der Waals surface area contributed by atoms with Gasteiger partial charge < -0.3 is 11.1 Å². The molecule has 0 aromatic heterocycles. The summed E-state index contributed by atoms with van der Waals surface area (Å²) in [4.78, 5) is 0. The minimum Gasteiger partial charge on any atom is -0.399 e. The van der Waals surface area contributed by atoms with Crippen LogP contribution in [0.1, 0.15) is 0 Å². The Morgan fingerprint density at radius 1 is 1.00 bits per heavy atom. The molecule has 0 bridgehead atoms. The monoisotopic (exact) mass is 412 g/mol. The second kappa shape index (κ2) is 5.74. The fourth-order valence-corrected chi connectivity index (χ4v) is 3.04. The minimum atomic E-state index is 0.478. The van der Waals surface area contributed by atoms with Crippen LogP contribution in [0.2, 0.25) is 15.1 Å². The van der Waals surface area contributed by atoms with Gasteiger partial charge in [0.2, 0.25) is 0 Å². The molecule has 2 nitrogen and oxygen atoms in total. The van der Waals surface area contributed by atoms with Gasteiger partial charge in [-0.2, -0.15) is 0 Å². The Bertz CT molecular complexity index is 579. The summed E-state index contributed by atoms with van der Waals surface area (Å²) in [6.07, 6.45) is 0. The van der Waals surface area contributed by atoms with Crippen LogP contribution in [0.5, 0.6) is 0 Å². The number of halogens is 4. The van der Waals surface area contributed by atoms with Crippen LogP contribution in [-0.2, 0) is 0 Å². The van der Waals surface area contributed by atoms with E-state index in [0.29, 0.717) is 26.4 Å². The van der Waals surface area contributed by atoms with Crippen molar-refractivity contribution in [1.82, 2.24) is 0 Å². The summed E-state index contributed by atoms with van der Waals surface area (Å²) in [7, 11) is 0. The minimum absolute atomic E-state index is 0.478. The van der Waals surface area contributed by atoms with Crippen LogP contribution in [-0.4, -0.2) is 0 Å². The van der Waals surface area contributed by atoms with Gasteiger partial charge in [-0.1, -0.05) is 34.8 Å². The second-order valence-corrected chi connectivity index (χ2v) is 6.02. The zero-order valence-corrected chi connectivity index (χ0v) is 13.4. The predicted octanol–water partition coefficient (Wildman–Crippen LogP) is 5.58. The quantitative estimate of drug-likeness (QED) is 0.498. The van der Waals surface area contributed by atoms with Crippen molar-refractivity contribution in [2.45, 2.75) is 0 Å². The van der Waals surface area contributed by atoms with Crippen LogP contribution in [0.3, 0.4) is 0 Å². The maximum Gasteiger partial charge on any atom is 0.0764 e. The van der Waals surface area contributed by atoms with Gasteiger partial charge >= 0.3 is 0 Å². The Morgan fingerprint density at radius 3 is 2.17 bits per heavy atom. The van der Waals surface area contributed by atoms with Gasteiger partial charge in [-0.3, -0.25) is 0 Å². The first-order valence-corrected chi connectivity index (χ1v) is 7.15. The number of anilines is 3. The highest BCUT2D eigenvalue weighted by Gasteiger charge is 2.09. The Morgan fingerprint density at radius 2 is 1.61 bits per heavy atom. The third-order valence-electron chi connectivity index (χ3n) is 2.26. The first kappa shape index (κ1) is 14.1.